The van der Waals surface area contributed by atoms with Gasteiger partial charge in [-0.15, -0.1) is 0 Å². The average Bonchev–Trinajstić information content (AvgIpc) is 2.66. The molecule has 0 aromatic heterocycles. The number of ether oxygens (including phenoxy) is 2. The zero-order valence-electron chi connectivity index (χ0n) is 16.0. The number of hydrogen-bond donors (Lipinski definition) is 2. The second-order valence-corrected chi connectivity index (χ2v) is 7.72. The molecule has 8 nitrogen and oxygen atoms in total. The van der Waals surface area contributed by atoms with E-state index >= 15 is 0 Å². The summed E-state index contributed by atoms with van der Waals surface area (Å²) in [5.74, 6) is 0.580. The monoisotopic (exact) mass is 481 g/mol. The van der Waals surface area contributed by atoms with Crippen LogP contribution < -0.4 is 20.1 Å². The van der Waals surface area contributed by atoms with Gasteiger partial charge in [-0.25, -0.2) is 0 Å². The van der Waals surface area contributed by atoms with E-state index in [4.69, 9.17) is 21.7 Å². The van der Waals surface area contributed by atoms with Gasteiger partial charge >= 0.3 is 0 Å². The smallest absolute Gasteiger partial charge is 0.271 e. The summed E-state index contributed by atoms with van der Waals surface area (Å²) in [7, 11) is 1.42. The van der Waals surface area contributed by atoms with Crippen LogP contribution in [0.3, 0.4) is 0 Å². The molecular formula is C19H20BrN3O5S. The summed E-state index contributed by atoms with van der Waals surface area (Å²) in [4.78, 5) is 23.2. The number of amides is 1. The molecule has 10 heteroatoms. The summed E-state index contributed by atoms with van der Waals surface area (Å²) in [6.07, 6.45) is 0. The highest BCUT2D eigenvalue weighted by Crippen LogP contribution is 2.29. The van der Waals surface area contributed by atoms with Gasteiger partial charge in [0.05, 0.1) is 29.9 Å². The number of nitrogens with one attached hydrogen (secondary N) is 2. The third kappa shape index (κ3) is 6.40. The third-order valence-electron chi connectivity index (χ3n) is 3.63. The van der Waals surface area contributed by atoms with Crippen LogP contribution in [0.1, 0.15) is 24.2 Å². The molecule has 0 aliphatic carbocycles. The first kappa shape index (κ1) is 22.6. The number of halogens is 1. The quantitative estimate of drug-likeness (QED) is 0.340. The van der Waals surface area contributed by atoms with Gasteiger partial charge in [0.15, 0.2) is 5.11 Å². The zero-order valence-corrected chi connectivity index (χ0v) is 18.4. The van der Waals surface area contributed by atoms with Crippen molar-refractivity contribution in [3.05, 3.63) is 56.5 Å². The fourth-order valence-electron chi connectivity index (χ4n) is 2.29. The number of benzene rings is 2. The summed E-state index contributed by atoms with van der Waals surface area (Å²) in [5.41, 5.74) is 0.423. The Labute approximate surface area is 181 Å². The molecule has 2 aromatic rings. The molecule has 0 heterocycles. The Bertz CT molecular complexity index is 936. The van der Waals surface area contributed by atoms with Crippen LogP contribution in [0.5, 0.6) is 11.5 Å². The Morgan fingerprint density at radius 3 is 2.55 bits per heavy atom. The zero-order chi connectivity index (χ0) is 21.6. The minimum Gasteiger partial charge on any atom is -0.495 e. The standard InChI is InChI=1S/C19H20BrN3O5S/c1-11(2)10-28-16-6-4-12(20)8-14(16)18(24)22-19(29)21-15-9-13(23(25)26)5-7-17(15)27-3/h4-9,11H,10H2,1-3H3,(H2,21,22,24,29). The fourth-order valence-corrected chi connectivity index (χ4v) is 2.86. The van der Waals surface area contributed by atoms with E-state index in [2.05, 4.69) is 26.6 Å². The molecule has 0 radical (unpaired) electrons. The second-order valence-electron chi connectivity index (χ2n) is 6.40. The van der Waals surface area contributed by atoms with Crippen molar-refractivity contribution in [1.29, 1.82) is 0 Å². The number of nitro benzene ring substituents is 1. The van der Waals surface area contributed by atoms with Crippen LogP contribution in [-0.4, -0.2) is 29.7 Å². The summed E-state index contributed by atoms with van der Waals surface area (Å²) < 4.78 is 11.6. The van der Waals surface area contributed by atoms with E-state index in [1.165, 1.54) is 25.3 Å². The Balaban J connectivity index is 2.18. The molecule has 0 saturated heterocycles. The molecule has 0 saturated carbocycles. The van der Waals surface area contributed by atoms with E-state index in [1.54, 1.807) is 18.2 Å². The van der Waals surface area contributed by atoms with E-state index in [9.17, 15) is 14.9 Å². The lowest BCUT2D eigenvalue weighted by molar-refractivity contribution is -0.384. The van der Waals surface area contributed by atoms with E-state index < -0.39 is 10.8 Å². The molecule has 0 fully saturated rings. The highest BCUT2D eigenvalue weighted by Gasteiger charge is 2.17. The van der Waals surface area contributed by atoms with E-state index in [-0.39, 0.29) is 16.5 Å². The van der Waals surface area contributed by atoms with Gasteiger partial charge in [-0.05, 0) is 42.4 Å². The molecule has 0 aliphatic heterocycles. The lowest BCUT2D eigenvalue weighted by Crippen LogP contribution is -2.34. The van der Waals surface area contributed by atoms with Gasteiger partial charge in [-0.1, -0.05) is 29.8 Å². The lowest BCUT2D eigenvalue weighted by Gasteiger charge is -2.15. The average molecular weight is 482 g/mol. The van der Waals surface area contributed by atoms with Crippen LogP contribution in [0.2, 0.25) is 0 Å². The maximum absolute atomic E-state index is 12.7. The number of rotatable bonds is 7. The number of carbonyl (C=O) groups is 1. The summed E-state index contributed by atoms with van der Waals surface area (Å²) in [6.45, 7) is 4.46. The first-order chi connectivity index (χ1) is 13.7. The molecule has 0 bridgehead atoms. The van der Waals surface area contributed by atoms with Crippen molar-refractivity contribution in [2.24, 2.45) is 5.92 Å². The molecule has 29 heavy (non-hydrogen) atoms. The topological polar surface area (TPSA) is 103 Å². The molecule has 0 aliphatic rings. The van der Waals surface area contributed by atoms with Crippen LogP contribution in [0.25, 0.3) is 0 Å². The van der Waals surface area contributed by atoms with Gasteiger partial charge in [-0.2, -0.15) is 0 Å². The van der Waals surface area contributed by atoms with Crippen molar-refractivity contribution in [3.63, 3.8) is 0 Å². The predicted molar refractivity (Wildman–Crippen MR) is 118 cm³/mol. The van der Waals surface area contributed by atoms with Crippen LogP contribution in [0, 0.1) is 16.0 Å². The number of non-ortho nitro benzene ring substituents is 1. The van der Waals surface area contributed by atoms with Crippen LogP contribution in [0.15, 0.2) is 40.9 Å². The van der Waals surface area contributed by atoms with Crippen LogP contribution in [-0.2, 0) is 0 Å². The fraction of sp³-hybridized carbons (Fsp3) is 0.263. The Kier molecular flexibility index (Phi) is 7.91. The molecule has 2 N–H and O–H groups in total. The molecule has 154 valence electrons. The summed E-state index contributed by atoms with van der Waals surface area (Å²) in [5, 5.41) is 16.3. The first-order valence-electron chi connectivity index (χ1n) is 8.58. The highest BCUT2D eigenvalue weighted by atomic mass is 79.9. The minimum absolute atomic E-state index is 0.0383. The number of carbonyl (C=O) groups excluding carboxylic acids is 1. The van der Waals surface area contributed by atoms with Crippen molar-refractivity contribution >= 4 is 50.5 Å². The van der Waals surface area contributed by atoms with Gasteiger partial charge in [0, 0.05) is 16.6 Å². The van der Waals surface area contributed by atoms with Crippen molar-refractivity contribution < 1.29 is 19.2 Å². The SMILES string of the molecule is COc1ccc([N+](=O)[O-])cc1NC(=S)NC(=O)c1cc(Br)ccc1OCC(C)C. The Morgan fingerprint density at radius 2 is 1.93 bits per heavy atom. The van der Waals surface area contributed by atoms with E-state index in [1.807, 2.05) is 13.8 Å². The first-order valence-corrected chi connectivity index (χ1v) is 9.78. The Hall–Kier alpha value is -2.72. The Morgan fingerprint density at radius 1 is 1.24 bits per heavy atom. The maximum Gasteiger partial charge on any atom is 0.271 e. The van der Waals surface area contributed by atoms with Crippen LogP contribution in [0.4, 0.5) is 11.4 Å². The molecule has 2 rings (SSSR count). The lowest BCUT2D eigenvalue weighted by atomic mass is 10.2. The van der Waals surface area contributed by atoms with Crippen molar-refractivity contribution in [1.82, 2.24) is 5.32 Å². The molecular weight excluding hydrogens is 462 g/mol. The maximum atomic E-state index is 12.7. The number of nitrogens with zero attached hydrogens (tertiary/aromatic N) is 1. The van der Waals surface area contributed by atoms with Crippen LogP contribution >= 0.6 is 28.1 Å². The van der Waals surface area contributed by atoms with Gasteiger partial charge < -0.3 is 14.8 Å². The minimum atomic E-state index is -0.536. The second kappa shape index (κ2) is 10.2. The highest BCUT2D eigenvalue weighted by molar-refractivity contribution is 9.10. The number of nitro groups is 1. The predicted octanol–water partition coefficient (Wildman–Crippen LogP) is 4.53. The van der Waals surface area contributed by atoms with Gasteiger partial charge in [0.2, 0.25) is 0 Å². The van der Waals surface area contributed by atoms with Crippen molar-refractivity contribution in [2.75, 3.05) is 19.0 Å². The largest absolute Gasteiger partial charge is 0.495 e. The van der Waals surface area contributed by atoms with Gasteiger partial charge in [0.1, 0.15) is 11.5 Å². The molecule has 0 atom stereocenters. The van der Waals surface area contributed by atoms with E-state index in [0.29, 0.717) is 34.1 Å². The van der Waals surface area contributed by atoms with Crippen molar-refractivity contribution in [2.45, 2.75) is 13.8 Å². The molecule has 1 amide bonds. The number of hydrogen-bond acceptors (Lipinski definition) is 6. The van der Waals surface area contributed by atoms with E-state index in [0.717, 1.165) is 0 Å². The molecule has 0 unspecified atom stereocenters. The molecule has 2 aromatic carbocycles. The normalized spacial score (nSPS) is 10.4. The number of methoxy groups -OCH3 is 1. The number of anilines is 1. The molecule has 0 spiro atoms. The van der Waals surface area contributed by atoms with Gasteiger partial charge in [-0.3, -0.25) is 20.2 Å². The summed E-state index contributed by atoms with van der Waals surface area (Å²) in [6, 6.07) is 9.12. The van der Waals surface area contributed by atoms with Crippen molar-refractivity contribution in [3.8, 4) is 11.5 Å². The third-order valence-corrected chi connectivity index (χ3v) is 4.32. The van der Waals surface area contributed by atoms with Gasteiger partial charge in [0.25, 0.3) is 11.6 Å². The number of thiocarbonyl (C=S) groups is 1. The summed E-state index contributed by atoms with van der Waals surface area (Å²) >= 11 is 8.53.